The summed E-state index contributed by atoms with van der Waals surface area (Å²) in [6.07, 6.45) is 4.83. The smallest absolute Gasteiger partial charge is 0.320 e. The van der Waals surface area contributed by atoms with E-state index in [9.17, 15) is 4.79 Å². The summed E-state index contributed by atoms with van der Waals surface area (Å²) in [5, 5.41) is 5.66. The molecule has 3 rings (SSSR count). The summed E-state index contributed by atoms with van der Waals surface area (Å²) in [5.74, 6) is 0.674. The second-order valence-corrected chi connectivity index (χ2v) is 4.70. The van der Waals surface area contributed by atoms with Crippen LogP contribution in [0.1, 0.15) is 17.4 Å². The number of hydrogen-bond acceptors (Lipinski definition) is 3. The lowest BCUT2D eigenvalue weighted by Crippen LogP contribution is -2.33. The molecule has 0 aliphatic heterocycles. The van der Waals surface area contributed by atoms with Crippen LogP contribution in [0, 0.1) is 0 Å². The summed E-state index contributed by atoms with van der Waals surface area (Å²) in [4.78, 5) is 16.2. The van der Waals surface area contributed by atoms with Gasteiger partial charge in [0, 0.05) is 6.20 Å². The van der Waals surface area contributed by atoms with Crippen molar-refractivity contribution in [3.8, 4) is 0 Å². The van der Waals surface area contributed by atoms with Crippen molar-refractivity contribution in [3.05, 3.63) is 84.6 Å². The topological polar surface area (TPSA) is 67.2 Å². The fourth-order valence-electron chi connectivity index (χ4n) is 2.15. The summed E-state index contributed by atoms with van der Waals surface area (Å²) in [5.41, 5.74) is 1.57. The molecule has 22 heavy (non-hydrogen) atoms. The highest BCUT2D eigenvalue weighted by Gasteiger charge is 2.19. The first kappa shape index (κ1) is 13.9. The van der Waals surface area contributed by atoms with Gasteiger partial charge in [0.25, 0.3) is 0 Å². The van der Waals surface area contributed by atoms with Crippen molar-refractivity contribution in [2.75, 3.05) is 5.32 Å². The van der Waals surface area contributed by atoms with Crippen molar-refractivity contribution in [3.63, 3.8) is 0 Å². The van der Waals surface area contributed by atoms with Gasteiger partial charge in [0.05, 0.1) is 18.1 Å². The van der Waals surface area contributed by atoms with Gasteiger partial charge in [-0.3, -0.25) is 4.98 Å². The number of rotatable bonds is 4. The molecule has 5 nitrogen and oxygen atoms in total. The van der Waals surface area contributed by atoms with E-state index in [0.717, 1.165) is 5.56 Å². The van der Waals surface area contributed by atoms with Crippen molar-refractivity contribution >= 4 is 11.7 Å². The number of nitrogens with zero attached hydrogens (tertiary/aromatic N) is 1. The highest BCUT2D eigenvalue weighted by molar-refractivity contribution is 5.89. The fourth-order valence-corrected chi connectivity index (χ4v) is 2.15. The molecule has 0 fully saturated rings. The molecule has 3 aromatic rings. The van der Waals surface area contributed by atoms with Gasteiger partial charge in [0.2, 0.25) is 0 Å². The third kappa shape index (κ3) is 3.32. The Balaban J connectivity index is 1.77. The molecule has 0 bridgehead atoms. The Morgan fingerprint density at radius 3 is 2.59 bits per heavy atom. The number of carbonyl (C=O) groups is 1. The average molecular weight is 293 g/mol. The van der Waals surface area contributed by atoms with Crippen LogP contribution in [-0.2, 0) is 0 Å². The third-order valence-electron chi connectivity index (χ3n) is 3.16. The number of nitrogens with one attached hydrogen (secondary N) is 2. The maximum atomic E-state index is 12.2. The lowest BCUT2D eigenvalue weighted by Gasteiger charge is -2.17. The first-order chi connectivity index (χ1) is 10.8. The standard InChI is InChI=1S/C17H15N3O2/c21-17(19-14-8-4-10-18-12-14)20-16(15-9-5-11-22-15)13-6-2-1-3-7-13/h1-12,16H,(H2,19,20,21). The van der Waals surface area contributed by atoms with E-state index in [1.54, 1.807) is 36.9 Å². The van der Waals surface area contributed by atoms with Gasteiger partial charge in [0.1, 0.15) is 11.8 Å². The van der Waals surface area contributed by atoms with Gasteiger partial charge in [-0.25, -0.2) is 4.79 Å². The van der Waals surface area contributed by atoms with E-state index in [1.807, 2.05) is 36.4 Å². The highest BCUT2D eigenvalue weighted by Crippen LogP contribution is 2.22. The number of anilines is 1. The molecule has 0 saturated carbocycles. The summed E-state index contributed by atoms with van der Waals surface area (Å²) < 4.78 is 5.45. The number of hydrogen-bond donors (Lipinski definition) is 2. The Bertz CT molecular complexity index is 712. The Labute approximate surface area is 128 Å². The quantitative estimate of drug-likeness (QED) is 0.772. The SMILES string of the molecule is O=C(Nc1cccnc1)NC(c1ccccc1)c1ccco1. The molecule has 0 aliphatic rings. The van der Waals surface area contributed by atoms with E-state index in [4.69, 9.17) is 4.42 Å². The number of pyridine rings is 1. The molecule has 2 N–H and O–H groups in total. The predicted molar refractivity (Wildman–Crippen MR) is 83.4 cm³/mol. The first-order valence-corrected chi connectivity index (χ1v) is 6.89. The maximum Gasteiger partial charge on any atom is 0.320 e. The lowest BCUT2D eigenvalue weighted by molar-refractivity contribution is 0.248. The number of furan rings is 1. The van der Waals surface area contributed by atoms with Gasteiger partial charge in [0.15, 0.2) is 0 Å². The largest absolute Gasteiger partial charge is 0.467 e. The van der Waals surface area contributed by atoms with Crippen molar-refractivity contribution in [2.24, 2.45) is 0 Å². The molecule has 0 saturated heterocycles. The van der Waals surface area contributed by atoms with E-state index in [-0.39, 0.29) is 12.1 Å². The van der Waals surface area contributed by atoms with E-state index in [1.165, 1.54) is 0 Å². The minimum Gasteiger partial charge on any atom is -0.467 e. The van der Waals surface area contributed by atoms with Crippen LogP contribution in [0.5, 0.6) is 0 Å². The zero-order valence-electron chi connectivity index (χ0n) is 11.8. The second kappa shape index (κ2) is 6.58. The third-order valence-corrected chi connectivity index (χ3v) is 3.16. The molecular weight excluding hydrogens is 278 g/mol. The van der Waals surface area contributed by atoms with Gasteiger partial charge < -0.3 is 15.1 Å². The van der Waals surface area contributed by atoms with Crippen LogP contribution in [0.4, 0.5) is 10.5 Å². The molecule has 0 radical (unpaired) electrons. The minimum absolute atomic E-state index is 0.321. The van der Waals surface area contributed by atoms with Gasteiger partial charge in [-0.05, 0) is 29.8 Å². The Morgan fingerprint density at radius 2 is 1.91 bits per heavy atom. The number of benzene rings is 1. The molecule has 5 heteroatoms. The van der Waals surface area contributed by atoms with Crippen molar-refractivity contribution in [2.45, 2.75) is 6.04 Å². The molecule has 2 heterocycles. The summed E-state index contributed by atoms with van der Waals surface area (Å²) >= 11 is 0. The van der Waals surface area contributed by atoms with Crippen molar-refractivity contribution < 1.29 is 9.21 Å². The molecule has 1 aromatic carbocycles. The number of aromatic nitrogens is 1. The zero-order chi connectivity index (χ0) is 15.2. The van der Waals surface area contributed by atoms with Crippen LogP contribution >= 0.6 is 0 Å². The molecular formula is C17H15N3O2. The zero-order valence-corrected chi connectivity index (χ0v) is 11.8. The highest BCUT2D eigenvalue weighted by atomic mass is 16.3. The molecule has 2 aromatic heterocycles. The normalized spacial score (nSPS) is 11.6. The average Bonchev–Trinajstić information content (AvgIpc) is 3.08. The van der Waals surface area contributed by atoms with Crippen LogP contribution < -0.4 is 10.6 Å². The molecule has 110 valence electrons. The van der Waals surface area contributed by atoms with Crippen LogP contribution in [0.25, 0.3) is 0 Å². The van der Waals surface area contributed by atoms with Gasteiger partial charge in [-0.15, -0.1) is 0 Å². The van der Waals surface area contributed by atoms with Crippen LogP contribution in [0.2, 0.25) is 0 Å². The second-order valence-electron chi connectivity index (χ2n) is 4.70. The minimum atomic E-state index is -0.354. The van der Waals surface area contributed by atoms with E-state index >= 15 is 0 Å². The van der Waals surface area contributed by atoms with Gasteiger partial charge in [-0.2, -0.15) is 0 Å². The van der Waals surface area contributed by atoms with E-state index < -0.39 is 0 Å². The Morgan fingerprint density at radius 1 is 1.05 bits per heavy atom. The molecule has 1 atom stereocenters. The Kier molecular flexibility index (Phi) is 4.15. The molecule has 0 spiro atoms. The van der Waals surface area contributed by atoms with Crippen molar-refractivity contribution in [1.29, 1.82) is 0 Å². The fraction of sp³-hybridized carbons (Fsp3) is 0.0588. The van der Waals surface area contributed by atoms with Crippen LogP contribution in [0.3, 0.4) is 0 Å². The molecule has 2 amide bonds. The number of carbonyl (C=O) groups excluding carboxylic acids is 1. The summed E-state index contributed by atoms with van der Waals surface area (Å²) in [7, 11) is 0. The summed E-state index contributed by atoms with van der Waals surface area (Å²) in [6, 6.07) is 16.2. The lowest BCUT2D eigenvalue weighted by atomic mass is 10.1. The summed E-state index contributed by atoms with van der Waals surface area (Å²) in [6.45, 7) is 0. The van der Waals surface area contributed by atoms with Crippen LogP contribution in [-0.4, -0.2) is 11.0 Å². The predicted octanol–water partition coefficient (Wildman–Crippen LogP) is 3.59. The molecule has 1 unspecified atom stereocenters. The monoisotopic (exact) mass is 293 g/mol. The number of amides is 2. The van der Waals surface area contributed by atoms with Gasteiger partial charge >= 0.3 is 6.03 Å². The van der Waals surface area contributed by atoms with Crippen LogP contribution in [0.15, 0.2) is 77.7 Å². The van der Waals surface area contributed by atoms with E-state index in [0.29, 0.717) is 11.4 Å². The van der Waals surface area contributed by atoms with Crippen molar-refractivity contribution in [1.82, 2.24) is 10.3 Å². The van der Waals surface area contributed by atoms with Gasteiger partial charge in [-0.1, -0.05) is 30.3 Å². The Hall–Kier alpha value is -3.08. The first-order valence-electron chi connectivity index (χ1n) is 6.89. The number of urea groups is 1. The molecule has 0 aliphatic carbocycles. The maximum absolute atomic E-state index is 12.2. The van der Waals surface area contributed by atoms with E-state index in [2.05, 4.69) is 15.6 Å².